The normalized spacial score (nSPS) is 15.0. The van der Waals surface area contributed by atoms with Crippen molar-refractivity contribution in [2.45, 2.75) is 19.4 Å². The van der Waals surface area contributed by atoms with Crippen LogP contribution < -0.4 is 0 Å². The molecule has 3 nitrogen and oxygen atoms in total. The number of nitrogens with zero attached hydrogens (tertiary/aromatic N) is 3. The Morgan fingerprint density at radius 3 is 2.39 bits per heavy atom. The Morgan fingerprint density at radius 1 is 0.710 bits per heavy atom. The number of hydrogen-bond acceptors (Lipinski definition) is 3. The minimum Gasteiger partial charge on any atom is -0.289 e. The Hall–Kier alpha value is -3.01. The van der Waals surface area contributed by atoms with Gasteiger partial charge in [0.05, 0.1) is 12.2 Å². The fraction of sp³-hybridized carbons (Fsp3) is 0.250. The van der Waals surface area contributed by atoms with Gasteiger partial charge < -0.3 is 0 Å². The molecule has 156 valence electrons. The minimum absolute atomic E-state index is 1.02. The summed E-state index contributed by atoms with van der Waals surface area (Å²) in [6, 6.07) is 30.4. The Labute approximate surface area is 185 Å². The van der Waals surface area contributed by atoms with Crippen LogP contribution in [0.25, 0.3) is 22.0 Å². The average Bonchev–Trinajstić information content (AvgIpc) is 3.27. The molecule has 1 aliphatic heterocycles. The maximum Gasteiger partial charge on any atom is 0.0780 e. The predicted octanol–water partition coefficient (Wildman–Crippen LogP) is 5.61. The first-order valence-corrected chi connectivity index (χ1v) is 11.3. The monoisotopic (exact) mass is 407 g/mol. The van der Waals surface area contributed by atoms with E-state index >= 15 is 0 Å². The van der Waals surface area contributed by atoms with Crippen LogP contribution in [0.1, 0.15) is 17.5 Å². The van der Waals surface area contributed by atoms with Gasteiger partial charge in [-0.1, -0.05) is 78.9 Å². The standard InChI is InChI=1S/C28H29N3/c1-2-7-23(8-3-1)9-6-18-30-19-20-31(22-30)21-24-13-15-25(16-14-24)27-12-4-10-26-11-5-17-29-28(26)27/h1-5,7-8,10-17H,6,9,18-22H2. The lowest BCUT2D eigenvalue weighted by atomic mass is 10.0. The summed E-state index contributed by atoms with van der Waals surface area (Å²) in [7, 11) is 0. The van der Waals surface area contributed by atoms with Crippen LogP contribution in [0.2, 0.25) is 0 Å². The van der Waals surface area contributed by atoms with Crippen molar-refractivity contribution in [2.24, 2.45) is 0 Å². The molecule has 0 atom stereocenters. The molecule has 0 radical (unpaired) electrons. The van der Waals surface area contributed by atoms with Crippen molar-refractivity contribution < 1.29 is 0 Å². The van der Waals surface area contributed by atoms with E-state index in [9.17, 15) is 0 Å². The number of hydrogen-bond donors (Lipinski definition) is 0. The zero-order valence-electron chi connectivity index (χ0n) is 18.0. The number of fused-ring (bicyclic) bond motifs is 1. The van der Waals surface area contributed by atoms with Gasteiger partial charge in [0.25, 0.3) is 0 Å². The molecule has 5 rings (SSSR count). The van der Waals surface area contributed by atoms with Crippen LogP contribution in [-0.4, -0.2) is 41.1 Å². The van der Waals surface area contributed by atoms with E-state index in [4.69, 9.17) is 0 Å². The molecule has 31 heavy (non-hydrogen) atoms. The first-order chi connectivity index (χ1) is 15.3. The average molecular weight is 408 g/mol. The molecular formula is C28H29N3. The molecule has 0 N–H and O–H groups in total. The van der Waals surface area contributed by atoms with E-state index < -0.39 is 0 Å². The van der Waals surface area contributed by atoms with Crippen molar-refractivity contribution in [1.82, 2.24) is 14.8 Å². The van der Waals surface area contributed by atoms with E-state index in [0.29, 0.717) is 0 Å². The lowest BCUT2D eigenvalue weighted by Crippen LogP contribution is -2.26. The number of para-hydroxylation sites is 1. The fourth-order valence-electron chi connectivity index (χ4n) is 4.56. The molecule has 0 unspecified atom stereocenters. The zero-order chi connectivity index (χ0) is 20.9. The smallest absolute Gasteiger partial charge is 0.0780 e. The predicted molar refractivity (Wildman–Crippen MR) is 129 cm³/mol. The SMILES string of the molecule is c1ccc(CCCN2CCN(Cc3ccc(-c4cccc5cccnc45)cc3)C2)cc1. The molecule has 4 aromatic rings. The summed E-state index contributed by atoms with van der Waals surface area (Å²) in [5.41, 5.74) is 6.33. The molecule has 1 aliphatic rings. The number of benzene rings is 3. The van der Waals surface area contributed by atoms with Crippen LogP contribution in [0.3, 0.4) is 0 Å². The first-order valence-electron chi connectivity index (χ1n) is 11.3. The zero-order valence-corrected chi connectivity index (χ0v) is 18.0. The Morgan fingerprint density at radius 2 is 1.52 bits per heavy atom. The Bertz CT molecular complexity index is 1120. The summed E-state index contributed by atoms with van der Waals surface area (Å²) in [6.07, 6.45) is 4.27. The third kappa shape index (κ3) is 4.84. The number of rotatable bonds is 7. The number of pyridine rings is 1. The molecule has 3 aromatic carbocycles. The molecule has 0 amide bonds. The lowest BCUT2D eigenvalue weighted by Gasteiger charge is -2.18. The van der Waals surface area contributed by atoms with Gasteiger partial charge in [0.15, 0.2) is 0 Å². The summed E-state index contributed by atoms with van der Waals surface area (Å²) in [6.45, 7) is 5.60. The van der Waals surface area contributed by atoms with Gasteiger partial charge >= 0.3 is 0 Å². The van der Waals surface area contributed by atoms with E-state index in [1.807, 2.05) is 12.3 Å². The highest BCUT2D eigenvalue weighted by Crippen LogP contribution is 2.27. The van der Waals surface area contributed by atoms with Crippen molar-refractivity contribution in [3.63, 3.8) is 0 Å². The summed E-state index contributed by atoms with van der Waals surface area (Å²) in [4.78, 5) is 9.74. The van der Waals surface area contributed by atoms with Crippen LogP contribution in [0.5, 0.6) is 0 Å². The van der Waals surface area contributed by atoms with E-state index in [1.54, 1.807) is 0 Å². The molecule has 3 heteroatoms. The number of aromatic nitrogens is 1. The van der Waals surface area contributed by atoms with E-state index in [-0.39, 0.29) is 0 Å². The maximum atomic E-state index is 4.60. The fourth-order valence-corrected chi connectivity index (χ4v) is 4.56. The second kappa shape index (κ2) is 9.42. The summed E-state index contributed by atoms with van der Waals surface area (Å²) < 4.78 is 0. The Balaban J connectivity index is 1.16. The number of aryl methyl sites for hydroxylation is 1. The van der Waals surface area contributed by atoms with Crippen LogP contribution in [0.4, 0.5) is 0 Å². The van der Waals surface area contributed by atoms with Crippen molar-refractivity contribution in [3.05, 3.63) is 102 Å². The van der Waals surface area contributed by atoms with Crippen molar-refractivity contribution >= 4 is 10.9 Å². The van der Waals surface area contributed by atoms with Gasteiger partial charge in [-0.05, 0) is 42.1 Å². The summed E-state index contributed by atoms with van der Waals surface area (Å²) in [5.74, 6) is 0. The summed E-state index contributed by atoms with van der Waals surface area (Å²) >= 11 is 0. The molecule has 2 heterocycles. The van der Waals surface area contributed by atoms with Gasteiger partial charge in [0.1, 0.15) is 0 Å². The van der Waals surface area contributed by atoms with E-state index in [0.717, 1.165) is 25.3 Å². The topological polar surface area (TPSA) is 19.4 Å². The second-order valence-electron chi connectivity index (χ2n) is 8.48. The molecule has 1 aromatic heterocycles. The molecule has 0 bridgehead atoms. The maximum absolute atomic E-state index is 4.60. The van der Waals surface area contributed by atoms with Crippen molar-refractivity contribution in [1.29, 1.82) is 0 Å². The van der Waals surface area contributed by atoms with Gasteiger partial charge in [-0.2, -0.15) is 0 Å². The lowest BCUT2D eigenvalue weighted by molar-refractivity contribution is 0.239. The van der Waals surface area contributed by atoms with Gasteiger partial charge in [-0.25, -0.2) is 0 Å². The third-order valence-corrected chi connectivity index (χ3v) is 6.22. The Kier molecular flexibility index (Phi) is 6.06. The quantitative estimate of drug-likeness (QED) is 0.397. The van der Waals surface area contributed by atoms with E-state index in [1.165, 1.54) is 53.6 Å². The second-order valence-corrected chi connectivity index (χ2v) is 8.48. The molecule has 0 spiro atoms. The van der Waals surface area contributed by atoms with E-state index in [2.05, 4.69) is 93.6 Å². The largest absolute Gasteiger partial charge is 0.289 e. The van der Waals surface area contributed by atoms with Gasteiger partial charge in [0.2, 0.25) is 0 Å². The third-order valence-electron chi connectivity index (χ3n) is 6.22. The molecular weight excluding hydrogens is 378 g/mol. The van der Waals surface area contributed by atoms with Gasteiger partial charge in [-0.15, -0.1) is 0 Å². The van der Waals surface area contributed by atoms with Crippen molar-refractivity contribution in [3.8, 4) is 11.1 Å². The molecule has 0 aliphatic carbocycles. The highest BCUT2D eigenvalue weighted by Gasteiger charge is 2.19. The highest BCUT2D eigenvalue weighted by atomic mass is 15.4. The first kappa shape index (κ1) is 19.9. The van der Waals surface area contributed by atoms with Gasteiger partial charge in [-0.3, -0.25) is 14.8 Å². The van der Waals surface area contributed by atoms with Crippen LogP contribution in [0.15, 0.2) is 91.1 Å². The van der Waals surface area contributed by atoms with Gasteiger partial charge in [0, 0.05) is 36.8 Å². The van der Waals surface area contributed by atoms with Crippen LogP contribution in [0, 0.1) is 0 Å². The highest BCUT2D eigenvalue weighted by molar-refractivity contribution is 5.93. The van der Waals surface area contributed by atoms with Crippen LogP contribution >= 0.6 is 0 Å². The molecule has 1 fully saturated rings. The minimum atomic E-state index is 1.02. The summed E-state index contributed by atoms with van der Waals surface area (Å²) in [5, 5.41) is 1.19. The molecule has 0 saturated carbocycles. The van der Waals surface area contributed by atoms with Crippen molar-refractivity contribution in [2.75, 3.05) is 26.3 Å². The van der Waals surface area contributed by atoms with Crippen LogP contribution in [-0.2, 0) is 13.0 Å². The molecule has 1 saturated heterocycles.